The summed E-state index contributed by atoms with van der Waals surface area (Å²) in [7, 11) is -3.51. The van der Waals surface area contributed by atoms with Gasteiger partial charge in [-0.25, -0.2) is 13.4 Å². The molecular weight excluding hydrogens is 501 g/mol. The lowest BCUT2D eigenvalue weighted by Crippen LogP contribution is -2.48. The van der Waals surface area contributed by atoms with Gasteiger partial charge in [-0.3, -0.25) is 4.79 Å². The maximum Gasteiger partial charge on any atom is 0.253 e. The van der Waals surface area contributed by atoms with Crippen LogP contribution in [-0.4, -0.2) is 74.0 Å². The highest BCUT2D eigenvalue weighted by Gasteiger charge is 2.27. The number of piperazine rings is 1. The molecule has 1 amide bonds. The first-order chi connectivity index (χ1) is 17.0. The van der Waals surface area contributed by atoms with Gasteiger partial charge in [-0.05, 0) is 61.6 Å². The first-order valence-electron chi connectivity index (χ1n) is 12.0. The van der Waals surface area contributed by atoms with Gasteiger partial charge in [0.2, 0.25) is 10.0 Å². The van der Waals surface area contributed by atoms with Gasteiger partial charge in [0.05, 0.1) is 15.1 Å². The highest BCUT2D eigenvalue weighted by Crippen LogP contribution is 2.32. The monoisotopic (exact) mass is 530 g/mol. The van der Waals surface area contributed by atoms with Crippen molar-refractivity contribution in [3.8, 4) is 0 Å². The summed E-state index contributed by atoms with van der Waals surface area (Å²) in [5, 5.41) is 0.994. The van der Waals surface area contributed by atoms with Crippen molar-refractivity contribution in [1.29, 1.82) is 0 Å². The number of thiazole rings is 1. The van der Waals surface area contributed by atoms with Crippen LogP contribution in [-0.2, 0) is 10.0 Å². The van der Waals surface area contributed by atoms with Crippen molar-refractivity contribution in [3.05, 3.63) is 48.0 Å². The van der Waals surface area contributed by atoms with E-state index in [0.717, 1.165) is 49.4 Å². The first kappa shape index (κ1) is 24.5. The van der Waals surface area contributed by atoms with Crippen molar-refractivity contribution in [2.24, 2.45) is 0 Å². The van der Waals surface area contributed by atoms with Crippen molar-refractivity contribution >= 4 is 54.4 Å². The fourth-order valence-corrected chi connectivity index (χ4v) is 7.73. The van der Waals surface area contributed by atoms with Crippen molar-refractivity contribution < 1.29 is 13.2 Å². The lowest BCUT2D eigenvalue weighted by Gasteiger charge is -2.34. The molecule has 2 aromatic carbocycles. The second kappa shape index (κ2) is 10.5. The molecule has 2 aliphatic rings. The van der Waals surface area contributed by atoms with Gasteiger partial charge < -0.3 is 9.80 Å². The molecule has 3 heterocycles. The zero-order chi connectivity index (χ0) is 24.4. The van der Waals surface area contributed by atoms with E-state index in [-0.39, 0.29) is 10.8 Å². The van der Waals surface area contributed by atoms with E-state index in [1.54, 1.807) is 51.7 Å². The highest BCUT2D eigenvalue weighted by molar-refractivity contribution is 7.98. The molecule has 0 saturated carbocycles. The van der Waals surface area contributed by atoms with Crippen LogP contribution in [0, 0.1) is 0 Å². The topological polar surface area (TPSA) is 73.8 Å². The maximum atomic E-state index is 13.1. The molecule has 10 heteroatoms. The Labute approximate surface area is 215 Å². The Hall–Kier alpha value is -2.14. The summed E-state index contributed by atoms with van der Waals surface area (Å²) in [6, 6.07) is 12.8. The lowest BCUT2D eigenvalue weighted by molar-refractivity contribution is 0.0746. The number of hydrogen-bond acceptors (Lipinski definition) is 7. The average Bonchev–Trinajstić information content (AvgIpc) is 3.11. The van der Waals surface area contributed by atoms with E-state index in [1.807, 2.05) is 4.90 Å². The van der Waals surface area contributed by atoms with E-state index in [4.69, 9.17) is 4.98 Å². The molecule has 35 heavy (non-hydrogen) atoms. The maximum absolute atomic E-state index is 13.1. The van der Waals surface area contributed by atoms with Gasteiger partial charge >= 0.3 is 0 Å². The van der Waals surface area contributed by atoms with Crippen LogP contribution in [0.2, 0.25) is 0 Å². The number of anilines is 1. The van der Waals surface area contributed by atoms with Crippen LogP contribution in [0.15, 0.2) is 52.3 Å². The van der Waals surface area contributed by atoms with Crippen LogP contribution in [0.1, 0.15) is 36.0 Å². The largest absolute Gasteiger partial charge is 0.345 e. The van der Waals surface area contributed by atoms with Gasteiger partial charge in [0, 0.05) is 49.7 Å². The molecular formula is C25H30N4O3S3. The predicted molar refractivity (Wildman–Crippen MR) is 143 cm³/mol. The van der Waals surface area contributed by atoms with Crippen molar-refractivity contribution in [2.75, 3.05) is 50.4 Å². The standard InChI is InChI=1S/C25H30N4O3S3/c1-33-20-8-11-22-23(18-20)34-25(26-22)28-16-14-27(15-17-28)24(30)19-6-9-21(10-7-19)35(31,32)29-12-4-2-3-5-13-29/h6-11,18H,2-5,12-17H2,1H3. The molecule has 2 saturated heterocycles. The van der Waals surface area contributed by atoms with Gasteiger partial charge in [0.15, 0.2) is 5.13 Å². The summed E-state index contributed by atoms with van der Waals surface area (Å²) in [6.07, 6.45) is 6.02. The Morgan fingerprint density at radius 3 is 2.26 bits per heavy atom. The predicted octanol–water partition coefficient (Wildman–Crippen LogP) is 4.55. The van der Waals surface area contributed by atoms with E-state index < -0.39 is 10.0 Å². The number of sulfonamides is 1. The number of carbonyl (C=O) groups is 1. The molecule has 0 aliphatic carbocycles. The lowest BCUT2D eigenvalue weighted by atomic mass is 10.2. The molecule has 5 rings (SSSR count). The van der Waals surface area contributed by atoms with Gasteiger partial charge in [-0.15, -0.1) is 11.8 Å². The van der Waals surface area contributed by atoms with E-state index in [2.05, 4.69) is 29.4 Å². The third-order valence-corrected chi connectivity index (χ3v) is 10.4. The number of thioether (sulfide) groups is 1. The zero-order valence-corrected chi connectivity index (χ0v) is 22.3. The quantitative estimate of drug-likeness (QED) is 0.451. The normalized spacial score (nSPS) is 18.1. The van der Waals surface area contributed by atoms with E-state index in [0.29, 0.717) is 31.7 Å². The second-order valence-electron chi connectivity index (χ2n) is 8.95. The molecule has 0 spiro atoms. The summed E-state index contributed by atoms with van der Waals surface area (Å²) in [5.41, 5.74) is 1.54. The van der Waals surface area contributed by atoms with Crippen molar-refractivity contribution in [2.45, 2.75) is 35.5 Å². The third kappa shape index (κ3) is 5.21. The fraction of sp³-hybridized carbons (Fsp3) is 0.440. The van der Waals surface area contributed by atoms with Crippen LogP contribution >= 0.6 is 23.1 Å². The molecule has 1 aromatic heterocycles. The third-order valence-electron chi connectivity index (χ3n) is 6.73. The van der Waals surface area contributed by atoms with Crippen LogP contribution < -0.4 is 4.90 Å². The summed E-state index contributed by atoms with van der Waals surface area (Å²) < 4.78 is 28.8. The molecule has 7 nitrogen and oxygen atoms in total. The van der Waals surface area contributed by atoms with Gasteiger partial charge in [-0.1, -0.05) is 24.2 Å². The number of rotatable bonds is 5. The van der Waals surface area contributed by atoms with E-state index >= 15 is 0 Å². The number of hydrogen-bond donors (Lipinski definition) is 0. The van der Waals surface area contributed by atoms with Crippen molar-refractivity contribution in [1.82, 2.24) is 14.2 Å². The van der Waals surface area contributed by atoms with Gasteiger partial charge in [0.1, 0.15) is 0 Å². The number of carbonyl (C=O) groups excluding carboxylic acids is 1. The number of aromatic nitrogens is 1. The summed E-state index contributed by atoms with van der Waals surface area (Å²) >= 11 is 3.42. The molecule has 3 aromatic rings. The van der Waals surface area contributed by atoms with Crippen LogP contribution in [0.4, 0.5) is 5.13 Å². The minimum Gasteiger partial charge on any atom is -0.345 e. The summed E-state index contributed by atoms with van der Waals surface area (Å²) in [4.78, 5) is 23.5. The molecule has 2 aliphatic heterocycles. The Balaban J connectivity index is 1.22. The first-order valence-corrected chi connectivity index (χ1v) is 15.5. The zero-order valence-electron chi connectivity index (χ0n) is 19.9. The van der Waals surface area contributed by atoms with E-state index in [1.165, 1.54) is 9.60 Å². The number of benzene rings is 2. The average molecular weight is 531 g/mol. The van der Waals surface area contributed by atoms with E-state index in [9.17, 15) is 13.2 Å². The number of nitrogens with zero attached hydrogens (tertiary/aromatic N) is 4. The second-order valence-corrected chi connectivity index (χ2v) is 12.8. The Morgan fingerprint density at radius 2 is 1.60 bits per heavy atom. The number of amides is 1. The minimum atomic E-state index is -3.51. The van der Waals surface area contributed by atoms with Gasteiger partial charge in [-0.2, -0.15) is 4.31 Å². The fourth-order valence-electron chi connectivity index (χ4n) is 4.64. The Morgan fingerprint density at radius 1 is 0.914 bits per heavy atom. The molecule has 2 fully saturated rings. The minimum absolute atomic E-state index is 0.0581. The van der Waals surface area contributed by atoms with Gasteiger partial charge in [0.25, 0.3) is 5.91 Å². The Bertz CT molecular complexity index is 1290. The SMILES string of the molecule is CSc1ccc2nc(N3CCN(C(=O)c4ccc(S(=O)(=O)N5CCCCCC5)cc4)CC3)sc2c1. The Kier molecular flexibility index (Phi) is 7.34. The molecule has 186 valence electrons. The smallest absolute Gasteiger partial charge is 0.253 e. The summed E-state index contributed by atoms with van der Waals surface area (Å²) in [5.74, 6) is -0.0581. The number of fused-ring (bicyclic) bond motifs is 1. The molecule has 0 N–H and O–H groups in total. The highest BCUT2D eigenvalue weighted by atomic mass is 32.2. The van der Waals surface area contributed by atoms with Crippen LogP contribution in [0.5, 0.6) is 0 Å². The molecule has 0 atom stereocenters. The summed E-state index contributed by atoms with van der Waals surface area (Å²) in [6.45, 7) is 3.81. The molecule has 0 unspecified atom stereocenters. The van der Waals surface area contributed by atoms with Crippen LogP contribution in [0.3, 0.4) is 0 Å². The molecule has 0 bridgehead atoms. The van der Waals surface area contributed by atoms with Crippen LogP contribution in [0.25, 0.3) is 10.2 Å². The van der Waals surface area contributed by atoms with Crippen molar-refractivity contribution in [3.63, 3.8) is 0 Å². The molecule has 0 radical (unpaired) electrons.